The quantitative estimate of drug-likeness (QED) is 0.102. The molecule has 0 aliphatic heterocycles. The van der Waals surface area contributed by atoms with E-state index in [9.17, 15) is 26.3 Å². The Morgan fingerprint density at radius 2 is 0.980 bits per heavy atom. The predicted octanol–water partition coefficient (Wildman–Crippen LogP) is 9.21. The largest absolute Gasteiger partial charge is 0.573 e. The van der Waals surface area contributed by atoms with Crippen LogP contribution in [-0.2, 0) is 0 Å². The molecule has 2 aromatic heterocycles. The lowest BCUT2D eigenvalue weighted by atomic mass is 10.2. The zero-order valence-electron chi connectivity index (χ0n) is 25.0. The monoisotopic (exact) mass is 784 g/mol. The second kappa shape index (κ2) is 16.9. The van der Waals surface area contributed by atoms with Crippen molar-refractivity contribution in [2.45, 2.75) is 12.7 Å². The summed E-state index contributed by atoms with van der Waals surface area (Å²) in [5.74, 6) is 8.00. The van der Waals surface area contributed by atoms with Crippen LogP contribution in [0.25, 0.3) is 11.4 Å². The molecule has 6 nitrogen and oxygen atoms in total. The van der Waals surface area contributed by atoms with Gasteiger partial charge in [0.2, 0.25) is 0 Å². The van der Waals surface area contributed by atoms with Gasteiger partial charge in [-0.3, -0.25) is 0 Å². The first-order valence-electron chi connectivity index (χ1n) is 13.9. The number of hydrogen-bond acceptors (Lipinski definition) is 4. The molecule has 0 unspecified atom stereocenters. The first kappa shape index (κ1) is 36.2. The molecule has 0 N–H and O–H groups in total. The number of ether oxygens (including phenoxy) is 2. The maximum atomic E-state index is 12.1. The highest BCUT2D eigenvalue weighted by atomic mass is 127. The van der Waals surface area contributed by atoms with Crippen LogP contribution in [0.15, 0.2) is 134 Å². The molecule has 4 aromatic carbocycles. The van der Waals surface area contributed by atoms with Gasteiger partial charge in [0, 0.05) is 23.5 Å². The summed E-state index contributed by atoms with van der Waals surface area (Å²) in [4.78, 5) is 0. The molecule has 6 rings (SSSR count). The summed E-state index contributed by atoms with van der Waals surface area (Å²) in [5.41, 5.74) is 3.81. The third kappa shape index (κ3) is 12.8. The van der Waals surface area contributed by atoms with Gasteiger partial charge in [-0.05, 0) is 95.4 Å². The summed E-state index contributed by atoms with van der Waals surface area (Å²) in [6.07, 6.45) is 2.45. The van der Waals surface area contributed by atoms with E-state index in [1.807, 2.05) is 60.7 Å². The summed E-state index contributed by atoms with van der Waals surface area (Å²) in [6.45, 7) is 0. The molecule has 0 bridgehead atoms. The molecule has 2 heterocycles. The number of aromatic nitrogens is 4. The molecule has 0 amide bonds. The van der Waals surface area contributed by atoms with Crippen molar-refractivity contribution in [2.24, 2.45) is 0 Å². The van der Waals surface area contributed by atoms with E-state index in [1.54, 1.807) is 29.5 Å². The van der Waals surface area contributed by atoms with E-state index in [0.29, 0.717) is 16.9 Å². The molecule has 0 aliphatic carbocycles. The van der Waals surface area contributed by atoms with Crippen molar-refractivity contribution in [3.8, 4) is 47.1 Å². The maximum absolute atomic E-state index is 12.1. The van der Waals surface area contributed by atoms with E-state index in [2.05, 4.69) is 60.0 Å². The Bertz CT molecular complexity index is 2010. The highest BCUT2D eigenvalue weighted by Gasteiger charge is 2.31. The van der Waals surface area contributed by atoms with Crippen LogP contribution in [0.4, 0.5) is 26.3 Å². The molecule has 0 saturated carbocycles. The van der Waals surface area contributed by atoms with E-state index in [0.717, 1.165) is 14.7 Å². The first-order chi connectivity index (χ1) is 23.4. The van der Waals surface area contributed by atoms with Gasteiger partial charge < -0.3 is 9.47 Å². The third-order valence-electron chi connectivity index (χ3n) is 5.87. The molecule has 0 spiro atoms. The lowest BCUT2D eigenvalue weighted by Crippen LogP contribution is -2.17. The van der Waals surface area contributed by atoms with Crippen LogP contribution in [0.5, 0.6) is 11.5 Å². The Morgan fingerprint density at radius 1 is 0.551 bits per heavy atom. The van der Waals surface area contributed by atoms with E-state index in [-0.39, 0.29) is 11.5 Å². The Balaban J connectivity index is 0.000000187. The van der Waals surface area contributed by atoms with Crippen molar-refractivity contribution in [2.75, 3.05) is 0 Å². The van der Waals surface area contributed by atoms with Gasteiger partial charge in [-0.25, -0.2) is 9.36 Å². The molecule has 6 aromatic rings. The van der Waals surface area contributed by atoms with Gasteiger partial charge in [0.15, 0.2) is 0 Å². The third-order valence-corrected chi connectivity index (χ3v) is 6.43. The number of alkyl halides is 6. The molecule has 0 atom stereocenters. The molecule has 0 radical (unpaired) electrons. The first-order valence-corrected chi connectivity index (χ1v) is 15.0. The number of hydrogen-bond donors (Lipinski definition) is 0. The van der Waals surface area contributed by atoms with Crippen LogP contribution in [-0.4, -0.2) is 32.3 Å². The summed E-state index contributed by atoms with van der Waals surface area (Å²) < 4.78 is 83.8. The van der Waals surface area contributed by atoms with Crippen LogP contribution in [0, 0.1) is 27.8 Å². The molecule has 248 valence electrons. The smallest absolute Gasteiger partial charge is 0.406 e. The fourth-order valence-corrected chi connectivity index (χ4v) is 4.16. The Morgan fingerprint density at radius 3 is 1.39 bits per heavy atom. The number of rotatable bonds is 4. The summed E-state index contributed by atoms with van der Waals surface area (Å²) >= 11 is 2.10. The number of halogens is 7. The van der Waals surface area contributed by atoms with Crippen molar-refractivity contribution in [3.63, 3.8) is 0 Å². The van der Waals surface area contributed by atoms with Gasteiger partial charge in [-0.2, -0.15) is 10.2 Å². The zero-order valence-corrected chi connectivity index (χ0v) is 27.2. The van der Waals surface area contributed by atoms with Gasteiger partial charge in [0.25, 0.3) is 0 Å². The lowest BCUT2D eigenvalue weighted by Gasteiger charge is -2.09. The molecule has 13 heteroatoms. The van der Waals surface area contributed by atoms with Gasteiger partial charge in [0.05, 0.1) is 32.9 Å². The van der Waals surface area contributed by atoms with Crippen LogP contribution in [0.1, 0.15) is 16.7 Å². The average molecular weight is 784 g/mol. The summed E-state index contributed by atoms with van der Waals surface area (Å²) in [6, 6.07) is 30.1. The molecular formula is C36H23F6IN4O2. The highest BCUT2D eigenvalue weighted by Crippen LogP contribution is 2.25. The van der Waals surface area contributed by atoms with Gasteiger partial charge in [-0.15, -0.1) is 32.8 Å². The van der Waals surface area contributed by atoms with Crippen molar-refractivity contribution in [1.82, 2.24) is 19.6 Å². The van der Waals surface area contributed by atoms with Gasteiger partial charge in [0.1, 0.15) is 11.5 Å². The SMILES string of the molecule is C#Cc1ccccc1.FC(F)(F)Oc1ccc(-n2cc(C#Cc3ccccc3)cn2)cc1.FC(F)(F)Oc1ccc(-n2cc(I)cn2)cc1. The predicted molar refractivity (Wildman–Crippen MR) is 180 cm³/mol. The molecule has 49 heavy (non-hydrogen) atoms. The van der Waals surface area contributed by atoms with E-state index in [1.165, 1.54) is 53.2 Å². The Labute approximate surface area is 291 Å². The van der Waals surface area contributed by atoms with E-state index >= 15 is 0 Å². The second-order valence-corrected chi connectivity index (χ2v) is 10.7. The van der Waals surface area contributed by atoms with Gasteiger partial charge >= 0.3 is 12.7 Å². The molecule has 0 aliphatic rings. The van der Waals surface area contributed by atoms with Crippen LogP contribution in [0.3, 0.4) is 0 Å². The standard InChI is InChI=1S/C18H11F3N2O.C10H6F3IN2O.C8H6/c19-18(20,21)24-17-10-8-16(9-11-17)23-13-15(12-22-23)7-6-14-4-2-1-3-5-14;11-10(12,13)17-9-3-1-8(2-4-9)16-6-7(14)5-15-16;1-2-8-6-4-3-5-7-8/h1-5,8-13H;1-6H;1,3-7H. The zero-order chi connectivity index (χ0) is 35.3. The number of benzene rings is 4. The fourth-order valence-electron chi connectivity index (χ4n) is 3.77. The Kier molecular flexibility index (Phi) is 12.5. The molecular weight excluding hydrogens is 761 g/mol. The highest BCUT2D eigenvalue weighted by molar-refractivity contribution is 14.1. The minimum absolute atomic E-state index is 0.247. The normalized spacial score (nSPS) is 10.6. The lowest BCUT2D eigenvalue weighted by molar-refractivity contribution is -0.275. The van der Waals surface area contributed by atoms with Crippen LogP contribution in [0.2, 0.25) is 0 Å². The van der Waals surface area contributed by atoms with E-state index < -0.39 is 12.7 Å². The number of terminal acetylenes is 1. The maximum Gasteiger partial charge on any atom is 0.573 e. The number of nitrogens with zero attached hydrogens (tertiary/aromatic N) is 4. The topological polar surface area (TPSA) is 54.1 Å². The summed E-state index contributed by atoms with van der Waals surface area (Å²) in [7, 11) is 0. The van der Waals surface area contributed by atoms with Crippen molar-refractivity contribution in [3.05, 3.63) is 154 Å². The minimum Gasteiger partial charge on any atom is -0.406 e. The van der Waals surface area contributed by atoms with Crippen molar-refractivity contribution < 1.29 is 35.8 Å². The second-order valence-electron chi connectivity index (χ2n) is 9.49. The van der Waals surface area contributed by atoms with E-state index in [4.69, 9.17) is 6.42 Å². The van der Waals surface area contributed by atoms with Crippen LogP contribution >= 0.6 is 22.6 Å². The van der Waals surface area contributed by atoms with Crippen molar-refractivity contribution >= 4 is 22.6 Å². The van der Waals surface area contributed by atoms with Crippen molar-refractivity contribution in [1.29, 1.82) is 0 Å². The average Bonchev–Trinajstić information content (AvgIpc) is 3.74. The minimum atomic E-state index is -4.70. The summed E-state index contributed by atoms with van der Waals surface area (Å²) in [5, 5.41) is 8.19. The fraction of sp³-hybridized carbons (Fsp3) is 0.0556. The van der Waals surface area contributed by atoms with Gasteiger partial charge in [-0.1, -0.05) is 54.2 Å². The molecule has 0 saturated heterocycles. The van der Waals surface area contributed by atoms with Crippen LogP contribution < -0.4 is 9.47 Å². The Hall–Kier alpha value is -5.67. The molecule has 0 fully saturated rings.